The summed E-state index contributed by atoms with van der Waals surface area (Å²) in [5.41, 5.74) is 4.90. The molecule has 26 heavy (non-hydrogen) atoms. The number of nitrogens with zero attached hydrogens (tertiary/aromatic N) is 1. The van der Waals surface area contributed by atoms with Crippen molar-refractivity contribution < 1.29 is 13.2 Å². The van der Waals surface area contributed by atoms with Crippen LogP contribution in [0.3, 0.4) is 0 Å². The van der Waals surface area contributed by atoms with E-state index in [1.54, 1.807) is 12.1 Å². The van der Waals surface area contributed by atoms with Gasteiger partial charge in [-0.1, -0.05) is 43.7 Å². The molecule has 0 aliphatic carbocycles. The van der Waals surface area contributed by atoms with Crippen molar-refractivity contribution in [3.05, 3.63) is 70.9 Å². The molecule has 2 aromatic rings. The lowest BCUT2D eigenvalue weighted by Crippen LogP contribution is -2.25. The number of aryl methyl sites for hydroxylation is 1. The first-order valence-electron chi connectivity index (χ1n) is 8.68. The zero-order chi connectivity index (χ0) is 18.9. The van der Waals surface area contributed by atoms with Gasteiger partial charge in [0.25, 0.3) is 0 Å². The number of carbonyl (C=O) groups is 1. The van der Waals surface area contributed by atoms with Gasteiger partial charge in [-0.3, -0.25) is 0 Å². The fourth-order valence-electron chi connectivity index (χ4n) is 3.48. The molecule has 2 aromatic carbocycles. The molecule has 1 atom stereocenters. The fourth-order valence-corrected chi connectivity index (χ4v) is 4.13. The van der Waals surface area contributed by atoms with Crippen LogP contribution in [0.1, 0.15) is 41.6 Å². The highest BCUT2D eigenvalue weighted by atomic mass is 32.2. The molecule has 3 rings (SSSR count). The Morgan fingerprint density at radius 1 is 1.12 bits per heavy atom. The predicted octanol–water partition coefficient (Wildman–Crippen LogP) is 3.62. The molecule has 1 aliphatic heterocycles. The van der Waals surface area contributed by atoms with Crippen LogP contribution in [0.4, 0.5) is 0 Å². The number of hydrogen-bond donors (Lipinski definition) is 0. The molecule has 0 saturated heterocycles. The van der Waals surface area contributed by atoms with Gasteiger partial charge < -0.3 is 9.69 Å². The molecule has 0 saturated carbocycles. The van der Waals surface area contributed by atoms with Crippen molar-refractivity contribution >= 4 is 21.7 Å². The minimum absolute atomic E-state index is 0.311. The summed E-state index contributed by atoms with van der Waals surface area (Å²) in [6.45, 7) is 2.10. The highest BCUT2D eigenvalue weighted by Crippen LogP contribution is 2.38. The molecule has 1 aliphatic rings. The number of rotatable bonds is 5. The molecule has 1 heterocycles. The monoisotopic (exact) mass is 369 g/mol. The largest absolute Gasteiger partial charge is 0.366 e. The van der Waals surface area contributed by atoms with Crippen molar-refractivity contribution in [2.75, 3.05) is 13.3 Å². The second-order valence-corrected chi connectivity index (χ2v) is 8.73. The molecule has 136 valence electrons. The van der Waals surface area contributed by atoms with Crippen molar-refractivity contribution in [3.63, 3.8) is 0 Å². The Bertz CT molecular complexity index is 977. The third-order valence-electron chi connectivity index (χ3n) is 4.79. The van der Waals surface area contributed by atoms with Crippen molar-refractivity contribution in [1.29, 1.82) is 0 Å². The molecule has 4 nitrogen and oxygen atoms in total. The van der Waals surface area contributed by atoms with Gasteiger partial charge in [-0.25, -0.2) is 8.42 Å². The lowest BCUT2D eigenvalue weighted by molar-refractivity contribution is -0.111. The third-order valence-corrected chi connectivity index (χ3v) is 5.90. The smallest absolute Gasteiger partial charge is 0.175 e. The molecule has 1 unspecified atom stereocenters. The first-order valence-corrected chi connectivity index (χ1v) is 10.6. The van der Waals surface area contributed by atoms with Crippen LogP contribution in [-0.2, 0) is 21.1 Å². The average Bonchev–Trinajstić information content (AvgIpc) is 2.61. The van der Waals surface area contributed by atoms with Crippen molar-refractivity contribution in [3.8, 4) is 0 Å². The first-order chi connectivity index (χ1) is 12.4. The normalized spacial score (nSPS) is 16.8. The van der Waals surface area contributed by atoms with Crippen LogP contribution in [0.25, 0.3) is 5.57 Å². The number of hydrogen-bond acceptors (Lipinski definition) is 4. The Balaban J connectivity index is 2.26. The van der Waals surface area contributed by atoms with Gasteiger partial charge >= 0.3 is 0 Å². The van der Waals surface area contributed by atoms with E-state index in [2.05, 4.69) is 6.92 Å². The van der Waals surface area contributed by atoms with Crippen LogP contribution in [-0.4, -0.2) is 32.9 Å². The lowest BCUT2D eigenvalue weighted by Gasteiger charge is -2.32. The van der Waals surface area contributed by atoms with Crippen LogP contribution >= 0.6 is 0 Å². The zero-order valence-corrected chi connectivity index (χ0v) is 16.1. The van der Waals surface area contributed by atoms with Gasteiger partial charge in [-0.15, -0.1) is 0 Å². The van der Waals surface area contributed by atoms with Gasteiger partial charge in [0, 0.05) is 25.1 Å². The van der Waals surface area contributed by atoms with E-state index in [1.165, 1.54) is 6.26 Å². The quantitative estimate of drug-likeness (QED) is 0.756. The van der Waals surface area contributed by atoms with E-state index in [4.69, 9.17) is 0 Å². The third kappa shape index (κ3) is 3.31. The summed E-state index contributed by atoms with van der Waals surface area (Å²) >= 11 is 0. The summed E-state index contributed by atoms with van der Waals surface area (Å²) < 4.78 is 24.1. The highest BCUT2D eigenvalue weighted by Gasteiger charge is 2.26. The minimum Gasteiger partial charge on any atom is -0.366 e. The van der Waals surface area contributed by atoms with Crippen LogP contribution in [0.5, 0.6) is 0 Å². The van der Waals surface area contributed by atoms with Gasteiger partial charge in [0.2, 0.25) is 0 Å². The molecule has 0 spiro atoms. The second kappa shape index (κ2) is 7.08. The Morgan fingerprint density at radius 2 is 1.85 bits per heavy atom. The van der Waals surface area contributed by atoms with E-state index in [0.717, 1.165) is 47.0 Å². The van der Waals surface area contributed by atoms with Crippen LogP contribution < -0.4 is 0 Å². The highest BCUT2D eigenvalue weighted by molar-refractivity contribution is 7.90. The molecule has 5 heteroatoms. The van der Waals surface area contributed by atoms with E-state index in [1.807, 2.05) is 48.5 Å². The first kappa shape index (κ1) is 18.4. The maximum Gasteiger partial charge on any atom is 0.175 e. The topological polar surface area (TPSA) is 54.5 Å². The van der Waals surface area contributed by atoms with Crippen molar-refractivity contribution in [2.45, 2.75) is 30.7 Å². The molecular weight excluding hydrogens is 346 g/mol. The second-order valence-electron chi connectivity index (χ2n) is 6.72. The predicted molar refractivity (Wildman–Crippen MR) is 104 cm³/mol. The molecule has 0 radical (unpaired) electrons. The van der Waals surface area contributed by atoms with E-state index in [0.29, 0.717) is 4.90 Å². The maximum absolute atomic E-state index is 12.1. The molecular formula is C21H23NO3S. The standard InChI is InChI=1S/C21H23NO3S/c1-4-7-15-10-11-16(26(3,24)25)12-19(15)20-13-22(2)21(14-23)18-9-6-5-8-17(18)20/h5-6,8-14,21H,4,7H2,1-3H3. The van der Waals surface area contributed by atoms with Gasteiger partial charge in [0.15, 0.2) is 9.84 Å². The SMILES string of the molecule is CCCc1ccc(S(C)(=O)=O)cc1C1=CN(C)C(C=O)c2ccccc21. The van der Waals surface area contributed by atoms with Gasteiger partial charge in [-0.05, 0) is 40.8 Å². The van der Waals surface area contributed by atoms with E-state index in [9.17, 15) is 13.2 Å². The van der Waals surface area contributed by atoms with E-state index in [-0.39, 0.29) is 6.04 Å². The number of carbonyl (C=O) groups excluding carboxylic acids is 1. The van der Waals surface area contributed by atoms with Crippen molar-refractivity contribution in [1.82, 2.24) is 4.90 Å². The van der Waals surface area contributed by atoms with Gasteiger partial charge in [-0.2, -0.15) is 0 Å². The summed E-state index contributed by atoms with van der Waals surface area (Å²) in [6.07, 6.45) is 5.93. The van der Waals surface area contributed by atoms with Gasteiger partial charge in [0.05, 0.1) is 4.90 Å². The Hall–Kier alpha value is -2.40. The number of likely N-dealkylation sites (N-methyl/N-ethyl adjacent to an activating group) is 1. The van der Waals surface area contributed by atoms with Crippen LogP contribution in [0, 0.1) is 0 Å². The fraction of sp³-hybridized carbons (Fsp3) is 0.286. The van der Waals surface area contributed by atoms with Crippen LogP contribution in [0.2, 0.25) is 0 Å². The lowest BCUT2D eigenvalue weighted by atomic mass is 9.86. The van der Waals surface area contributed by atoms with Crippen LogP contribution in [0.15, 0.2) is 53.6 Å². The molecule has 0 aromatic heterocycles. The summed E-state index contributed by atoms with van der Waals surface area (Å²) in [5.74, 6) is 0. The Labute approximate surface area is 155 Å². The van der Waals surface area contributed by atoms with E-state index >= 15 is 0 Å². The number of sulfone groups is 1. The molecule has 0 amide bonds. The van der Waals surface area contributed by atoms with E-state index < -0.39 is 9.84 Å². The number of fused-ring (bicyclic) bond motifs is 1. The summed E-state index contributed by atoms with van der Waals surface area (Å²) in [5, 5.41) is 0. The molecule has 0 fully saturated rings. The summed E-state index contributed by atoms with van der Waals surface area (Å²) in [7, 11) is -1.43. The molecule has 0 N–H and O–H groups in total. The Morgan fingerprint density at radius 3 is 2.50 bits per heavy atom. The van der Waals surface area contributed by atoms with Crippen molar-refractivity contribution in [2.24, 2.45) is 0 Å². The Kier molecular flexibility index (Phi) is 5.01. The maximum atomic E-state index is 12.1. The summed E-state index contributed by atoms with van der Waals surface area (Å²) in [4.78, 5) is 13.8. The summed E-state index contributed by atoms with van der Waals surface area (Å²) in [6, 6.07) is 12.8. The number of aldehydes is 1. The average molecular weight is 369 g/mol. The molecule has 0 bridgehead atoms. The zero-order valence-electron chi connectivity index (χ0n) is 15.3. The van der Waals surface area contributed by atoms with Gasteiger partial charge in [0.1, 0.15) is 12.3 Å². The number of benzene rings is 2. The minimum atomic E-state index is -3.30.